The highest BCUT2D eigenvalue weighted by molar-refractivity contribution is 6.05. The van der Waals surface area contributed by atoms with Gasteiger partial charge in [-0.05, 0) is 50.0 Å². The normalized spacial score (nSPS) is 14.8. The summed E-state index contributed by atoms with van der Waals surface area (Å²) in [6.07, 6.45) is 4.93. The van der Waals surface area contributed by atoms with Crippen molar-refractivity contribution < 1.29 is 9.59 Å². The Morgan fingerprint density at radius 3 is 2.23 bits per heavy atom. The molecule has 0 radical (unpaired) electrons. The van der Waals surface area contributed by atoms with E-state index in [2.05, 4.69) is 5.32 Å². The molecule has 3 rings (SSSR count). The van der Waals surface area contributed by atoms with Crippen LogP contribution in [-0.2, 0) is 4.79 Å². The summed E-state index contributed by atoms with van der Waals surface area (Å²) in [5.74, 6) is -0.385. The van der Waals surface area contributed by atoms with Gasteiger partial charge in [-0.25, -0.2) is 0 Å². The minimum absolute atomic E-state index is 0.116. The van der Waals surface area contributed by atoms with Gasteiger partial charge in [-0.2, -0.15) is 0 Å². The first-order valence-electron chi connectivity index (χ1n) is 9.07. The number of amides is 2. The molecule has 1 fully saturated rings. The fraction of sp³-hybridized carbons (Fsp3) is 0.273. The Bertz CT molecular complexity index is 789. The van der Waals surface area contributed by atoms with E-state index >= 15 is 0 Å². The predicted molar refractivity (Wildman–Crippen MR) is 103 cm³/mol. The van der Waals surface area contributed by atoms with Gasteiger partial charge in [0.15, 0.2) is 0 Å². The van der Waals surface area contributed by atoms with E-state index in [4.69, 9.17) is 0 Å². The Morgan fingerprint density at radius 1 is 0.923 bits per heavy atom. The van der Waals surface area contributed by atoms with Crippen LogP contribution in [0.3, 0.4) is 0 Å². The van der Waals surface area contributed by atoms with Crippen molar-refractivity contribution in [1.29, 1.82) is 0 Å². The number of hydrogen-bond donors (Lipinski definition) is 1. The molecular formula is C22H24N2O2. The standard InChI is InChI=1S/C22H24N2O2/c1-17-10-12-18(13-11-17)16-20(22(26)24-14-6-3-7-15-24)23-21(25)19-8-4-2-5-9-19/h2,4-5,8-13,16H,3,6-7,14-15H2,1H3,(H,23,25)/b20-16+. The molecule has 0 saturated carbocycles. The van der Waals surface area contributed by atoms with Gasteiger partial charge in [-0.15, -0.1) is 0 Å². The molecule has 134 valence electrons. The van der Waals surface area contributed by atoms with Crippen LogP contribution in [0.1, 0.15) is 40.7 Å². The van der Waals surface area contributed by atoms with Crippen molar-refractivity contribution >= 4 is 17.9 Å². The highest BCUT2D eigenvalue weighted by Gasteiger charge is 2.22. The van der Waals surface area contributed by atoms with Crippen LogP contribution >= 0.6 is 0 Å². The number of nitrogens with zero attached hydrogens (tertiary/aromatic N) is 1. The Hall–Kier alpha value is -2.88. The molecule has 0 aromatic heterocycles. The van der Waals surface area contributed by atoms with E-state index in [-0.39, 0.29) is 11.8 Å². The van der Waals surface area contributed by atoms with Gasteiger partial charge in [0.05, 0.1) is 0 Å². The maximum atomic E-state index is 13.0. The van der Waals surface area contributed by atoms with Crippen molar-refractivity contribution in [3.05, 3.63) is 77.0 Å². The third-order valence-electron chi connectivity index (χ3n) is 4.55. The molecular weight excluding hydrogens is 324 g/mol. The molecule has 4 nitrogen and oxygen atoms in total. The van der Waals surface area contributed by atoms with Crippen LogP contribution in [-0.4, -0.2) is 29.8 Å². The Labute approximate surface area is 154 Å². The zero-order valence-electron chi connectivity index (χ0n) is 15.1. The van der Waals surface area contributed by atoms with Gasteiger partial charge in [-0.1, -0.05) is 48.0 Å². The van der Waals surface area contributed by atoms with Crippen LogP contribution in [0.25, 0.3) is 6.08 Å². The molecule has 1 saturated heterocycles. The van der Waals surface area contributed by atoms with E-state index in [1.165, 1.54) is 0 Å². The number of rotatable bonds is 4. The first kappa shape index (κ1) is 17.9. The lowest BCUT2D eigenvalue weighted by atomic mass is 10.1. The number of piperidine rings is 1. The maximum Gasteiger partial charge on any atom is 0.270 e. The van der Waals surface area contributed by atoms with Crippen molar-refractivity contribution in [3.8, 4) is 0 Å². The summed E-state index contributed by atoms with van der Waals surface area (Å²) in [6, 6.07) is 16.9. The summed E-state index contributed by atoms with van der Waals surface area (Å²) in [6.45, 7) is 3.50. The largest absolute Gasteiger partial charge is 0.337 e. The molecule has 0 bridgehead atoms. The van der Waals surface area contributed by atoms with Crippen molar-refractivity contribution in [1.82, 2.24) is 10.2 Å². The molecule has 1 N–H and O–H groups in total. The quantitative estimate of drug-likeness (QED) is 0.855. The van der Waals surface area contributed by atoms with E-state index in [1.54, 1.807) is 18.2 Å². The third-order valence-corrected chi connectivity index (χ3v) is 4.55. The van der Waals surface area contributed by atoms with Crippen LogP contribution < -0.4 is 5.32 Å². The molecule has 2 aromatic rings. The average molecular weight is 348 g/mol. The van der Waals surface area contributed by atoms with Crippen LogP contribution in [0.2, 0.25) is 0 Å². The molecule has 26 heavy (non-hydrogen) atoms. The van der Waals surface area contributed by atoms with Gasteiger partial charge in [0.1, 0.15) is 5.70 Å². The van der Waals surface area contributed by atoms with Crippen LogP contribution in [0.5, 0.6) is 0 Å². The minimum Gasteiger partial charge on any atom is -0.337 e. The molecule has 1 aliphatic heterocycles. The first-order valence-corrected chi connectivity index (χ1v) is 9.07. The molecule has 0 unspecified atom stereocenters. The number of carbonyl (C=O) groups is 2. The van der Waals surface area contributed by atoms with Crippen molar-refractivity contribution in [2.75, 3.05) is 13.1 Å². The van der Waals surface area contributed by atoms with Gasteiger partial charge < -0.3 is 10.2 Å². The lowest BCUT2D eigenvalue weighted by Crippen LogP contribution is -2.41. The molecule has 4 heteroatoms. The summed E-state index contributed by atoms with van der Waals surface area (Å²) >= 11 is 0. The van der Waals surface area contributed by atoms with E-state index in [0.29, 0.717) is 11.3 Å². The Balaban J connectivity index is 1.86. The molecule has 0 atom stereocenters. The predicted octanol–water partition coefficient (Wildman–Crippen LogP) is 3.78. The Morgan fingerprint density at radius 2 is 1.58 bits per heavy atom. The lowest BCUT2D eigenvalue weighted by Gasteiger charge is -2.27. The molecule has 2 aromatic carbocycles. The van der Waals surface area contributed by atoms with E-state index in [0.717, 1.165) is 43.5 Å². The fourth-order valence-electron chi connectivity index (χ4n) is 3.03. The topological polar surface area (TPSA) is 49.4 Å². The van der Waals surface area contributed by atoms with Gasteiger partial charge in [0.2, 0.25) is 0 Å². The first-order chi connectivity index (χ1) is 12.6. The van der Waals surface area contributed by atoms with Crippen molar-refractivity contribution in [2.24, 2.45) is 0 Å². The van der Waals surface area contributed by atoms with Gasteiger partial charge in [-0.3, -0.25) is 9.59 Å². The zero-order valence-corrected chi connectivity index (χ0v) is 15.1. The average Bonchev–Trinajstić information content (AvgIpc) is 2.70. The zero-order chi connectivity index (χ0) is 18.4. The summed E-state index contributed by atoms with van der Waals surface area (Å²) in [4.78, 5) is 27.4. The number of likely N-dealkylation sites (tertiary alicyclic amines) is 1. The van der Waals surface area contributed by atoms with Crippen LogP contribution in [0.4, 0.5) is 0 Å². The number of aryl methyl sites for hydroxylation is 1. The Kier molecular flexibility index (Phi) is 5.84. The number of hydrogen-bond acceptors (Lipinski definition) is 2. The number of nitrogens with one attached hydrogen (secondary N) is 1. The molecule has 1 heterocycles. The molecule has 0 aliphatic carbocycles. The summed E-state index contributed by atoms with van der Waals surface area (Å²) < 4.78 is 0. The SMILES string of the molecule is Cc1ccc(/C=C(/NC(=O)c2ccccc2)C(=O)N2CCCCC2)cc1. The third kappa shape index (κ3) is 4.60. The molecule has 2 amide bonds. The molecule has 0 spiro atoms. The van der Waals surface area contributed by atoms with Gasteiger partial charge >= 0.3 is 0 Å². The van der Waals surface area contributed by atoms with E-state index < -0.39 is 0 Å². The van der Waals surface area contributed by atoms with E-state index in [1.807, 2.05) is 54.3 Å². The second kappa shape index (κ2) is 8.48. The summed E-state index contributed by atoms with van der Waals surface area (Å²) in [7, 11) is 0. The van der Waals surface area contributed by atoms with Crippen LogP contribution in [0, 0.1) is 6.92 Å². The number of benzene rings is 2. The monoisotopic (exact) mass is 348 g/mol. The number of carbonyl (C=O) groups excluding carboxylic acids is 2. The minimum atomic E-state index is -0.269. The van der Waals surface area contributed by atoms with Gasteiger partial charge in [0.25, 0.3) is 11.8 Å². The fourth-order valence-corrected chi connectivity index (χ4v) is 3.03. The second-order valence-electron chi connectivity index (χ2n) is 6.64. The van der Waals surface area contributed by atoms with Crippen LogP contribution in [0.15, 0.2) is 60.3 Å². The lowest BCUT2D eigenvalue weighted by molar-refractivity contribution is -0.128. The highest BCUT2D eigenvalue weighted by atomic mass is 16.2. The van der Waals surface area contributed by atoms with Crippen molar-refractivity contribution in [3.63, 3.8) is 0 Å². The smallest absolute Gasteiger partial charge is 0.270 e. The van der Waals surface area contributed by atoms with E-state index in [9.17, 15) is 9.59 Å². The summed E-state index contributed by atoms with van der Waals surface area (Å²) in [5, 5.41) is 2.82. The molecule has 1 aliphatic rings. The van der Waals surface area contributed by atoms with Gasteiger partial charge in [0, 0.05) is 18.7 Å². The van der Waals surface area contributed by atoms with Crippen molar-refractivity contribution in [2.45, 2.75) is 26.2 Å². The highest BCUT2D eigenvalue weighted by Crippen LogP contribution is 2.15. The second-order valence-corrected chi connectivity index (χ2v) is 6.64. The summed E-state index contributed by atoms with van der Waals surface area (Å²) in [5.41, 5.74) is 2.90. The maximum absolute atomic E-state index is 13.0.